The lowest BCUT2D eigenvalue weighted by Crippen LogP contribution is -2.44. The Labute approximate surface area is 194 Å². The van der Waals surface area contributed by atoms with Crippen molar-refractivity contribution in [2.24, 2.45) is 16.2 Å². The van der Waals surface area contributed by atoms with Gasteiger partial charge in [-0.3, -0.25) is 14.4 Å². The third-order valence-corrected chi connectivity index (χ3v) is 6.51. The minimum absolute atomic E-state index is 0.0134. The van der Waals surface area contributed by atoms with Crippen molar-refractivity contribution in [2.75, 3.05) is 21.3 Å². The average Bonchev–Trinajstić information content (AvgIpc) is 3.00. The molecule has 8 nitrogen and oxygen atoms in total. The summed E-state index contributed by atoms with van der Waals surface area (Å²) in [5.41, 5.74) is -4.05. The highest BCUT2D eigenvalue weighted by atomic mass is 16.6. The molecule has 1 aromatic carbocycles. The lowest BCUT2D eigenvalue weighted by molar-refractivity contribution is -0.171. The van der Waals surface area contributed by atoms with Crippen LogP contribution in [0.5, 0.6) is 0 Å². The summed E-state index contributed by atoms with van der Waals surface area (Å²) in [6.07, 6.45) is 0.436. The number of carbonyl (C=O) groups is 4. The van der Waals surface area contributed by atoms with Crippen LogP contribution in [-0.4, -0.2) is 50.8 Å². The summed E-state index contributed by atoms with van der Waals surface area (Å²) in [5, 5.41) is 0. The summed E-state index contributed by atoms with van der Waals surface area (Å²) >= 11 is 0. The van der Waals surface area contributed by atoms with Gasteiger partial charge in [-0.2, -0.15) is 0 Å². The van der Waals surface area contributed by atoms with Crippen molar-refractivity contribution < 1.29 is 38.1 Å². The van der Waals surface area contributed by atoms with Crippen molar-refractivity contribution in [3.63, 3.8) is 0 Å². The van der Waals surface area contributed by atoms with Crippen LogP contribution >= 0.6 is 0 Å². The van der Waals surface area contributed by atoms with E-state index in [1.165, 1.54) is 28.3 Å². The molecule has 1 saturated heterocycles. The minimum atomic E-state index is -1.45. The second-order valence-electron chi connectivity index (χ2n) is 9.97. The number of methoxy groups -OCH3 is 3. The van der Waals surface area contributed by atoms with E-state index >= 15 is 0 Å². The summed E-state index contributed by atoms with van der Waals surface area (Å²) in [7, 11) is 3.79. The van der Waals surface area contributed by atoms with Gasteiger partial charge in [0.2, 0.25) is 5.60 Å². The molecule has 8 heteroatoms. The van der Waals surface area contributed by atoms with Crippen molar-refractivity contribution in [3.8, 4) is 0 Å². The summed E-state index contributed by atoms with van der Waals surface area (Å²) in [6.45, 7) is 6.54. The first kappa shape index (κ1) is 26.4. The van der Waals surface area contributed by atoms with Gasteiger partial charge < -0.3 is 18.9 Å². The summed E-state index contributed by atoms with van der Waals surface area (Å²) < 4.78 is 20.4. The summed E-state index contributed by atoms with van der Waals surface area (Å²) in [6, 6.07) is 9.41. The first-order chi connectivity index (χ1) is 15.3. The van der Waals surface area contributed by atoms with Crippen LogP contribution in [0.4, 0.5) is 0 Å². The zero-order valence-corrected chi connectivity index (χ0v) is 20.5. The monoisotopic (exact) mass is 462 g/mol. The highest BCUT2D eigenvalue weighted by molar-refractivity contribution is 5.90. The molecule has 0 radical (unpaired) electrons. The zero-order valence-electron chi connectivity index (χ0n) is 20.5. The second kappa shape index (κ2) is 9.53. The fraction of sp³-hybridized carbons (Fsp3) is 0.600. The third kappa shape index (κ3) is 5.37. The van der Waals surface area contributed by atoms with E-state index in [9.17, 15) is 19.2 Å². The standard InChI is InChI=1S/C25H34O8/c1-22(18(26)30-5,13-17-11-9-8-10-12-17)14-23(2,19(27)31-6)15-24(3)16-25(4,21(29)32-7)33-20(24)28/h8-12H,13-16H2,1-7H3/t22-,23-,24+,25-/m1/s1. The predicted octanol–water partition coefficient (Wildman–Crippen LogP) is 3.25. The van der Waals surface area contributed by atoms with Gasteiger partial charge in [0.05, 0.1) is 37.6 Å². The molecule has 0 saturated carbocycles. The molecule has 1 aliphatic rings. The molecule has 182 valence electrons. The lowest BCUT2D eigenvalue weighted by Gasteiger charge is -2.39. The number of hydrogen-bond acceptors (Lipinski definition) is 8. The number of hydrogen-bond donors (Lipinski definition) is 0. The van der Waals surface area contributed by atoms with E-state index in [2.05, 4.69) is 0 Å². The van der Waals surface area contributed by atoms with Crippen LogP contribution in [0.15, 0.2) is 30.3 Å². The molecule has 4 atom stereocenters. The van der Waals surface area contributed by atoms with Crippen LogP contribution in [-0.2, 0) is 44.5 Å². The topological polar surface area (TPSA) is 105 Å². The number of cyclic esters (lactones) is 1. The van der Waals surface area contributed by atoms with E-state index in [0.717, 1.165) is 5.56 Å². The van der Waals surface area contributed by atoms with Crippen LogP contribution in [0.2, 0.25) is 0 Å². The van der Waals surface area contributed by atoms with Gasteiger partial charge in [-0.25, -0.2) is 4.79 Å². The molecule has 0 N–H and O–H groups in total. The Morgan fingerprint density at radius 3 is 2.00 bits per heavy atom. The first-order valence-electron chi connectivity index (χ1n) is 10.8. The molecule has 1 heterocycles. The van der Waals surface area contributed by atoms with Gasteiger partial charge in [0, 0.05) is 6.42 Å². The molecule has 1 aliphatic heterocycles. The van der Waals surface area contributed by atoms with Gasteiger partial charge in [0.15, 0.2) is 0 Å². The van der Waals surface area contributed by atoms with E-state index in [-0.39, 0.29) is 19.3 Å². The molecule has 0 amide bonds. The molecule has 0 aromatic heterocycles. The Morgan fingerprint density at radius 1 is 0.939 bits per heavy atom. The third-order valence-electron chi connectivity index (χ3n) is 6.51. The number of esters is 4. The quantitative estimate of drug-likeness (QED) is 0.407. The van der Waals surface area contributed by atoms with Crippen LogP contribution in [0.3, 0.4) is 0 Å². The van der Waals surface area contributed by atoms with Crippen LogP contribution in [0.1, 0.15) is 52.5 Å². The van der Waals surface area contributed by atoms with Gasteiger partial charge in [-0.1, -0.05) is 30.3 Å². The molecule has 0 aliphatic carbocycles. The second-order valence-corrected chi connectivity index (χ2v) is 9.97. The number of rotatable bonds is 9. The number of carbonyl (C=O) groups excluding carboxylic acids is 4. The summed E-state index contributed by atoms with van der Waals surface area (Å²) in [4.78, 5) is 51.1. The molecule has 0 bridgehead atoms. The Kier molecular flexibility index (Phi) is 7.61. The fourth-order valence-electron chi connectivity index (χ4n) is 5.32. The molecular weight excluding hydrogens is 428 g/mol. The molecule has 1 fully saturated rings. The Morgan fingerprint density at radius 2 is 1.48 bits per heavy atom. The summed E-state index contributed by atoms with van der Waals surface area (Å²) in [5.74, 6) is -2.30. The van der Waals surface area contributed by atoms with Crippen molar-refractivity contribution in [2.45, 2.75) is 59.0 Å². The van der Waals surface area contributed by atoms with E-state index in [4.69, 9.17) is 18.9 Å². The van der Waals surface area contributed by atoms with Crippen molar-refractivity contribution in [1.82, 2.24) is 0 Å². The normalized spacial score (nSPS) is 25.8. The maximum Gasteiger partial charge on any atom is 0.350 e. The highest BCUT2D eigenvalue weighted by Gasteiger charge is 2.60. The SMILES string of the molecule is COC(=O)[C@](C)(Cc1ccccc1)C[C@](C)(C[C@@]1(C)C[C@](C)(C(=O)OC)OC1=O)C(=O)OC. The van der Waals surface area contributed by atoms with Crippen molar-refractivity contribution >= 4 is 23.9 Å². The highest BCUT2D eigenvalue weighted by Crippen LogP contribution is 2.51. The first-order valence-corrected chi connectivity index (χ1v) is 10.8. The van der Waals surface area contributed by atoms with E-state index < -0.39 is 45.7 Å². The smallest absolute Gasteiger partial charge is 0.350 e. The van der Waals surface area contributed by atoms with E-state index in [0.29, 0.717) is 6.42 Å². The van der Waals surface area contributed by atoms with Crippen molar-refractivity contribution in [3.05, 3.63) is 35.9 Å². The molecule has 0 unspecified atom stereocenters. The van der Waals surface area contributed by atoms with Gasteiger partial charge >= 0.3 is 23.9 Å². The zero-order chi connectivity index (χ0) is 25.1. The fourth-order valence-corrected chi connectivity index (χ4v) is 5.32. The molecule has 2 rings (SSSR count). The Balaban J connectivity index is 2.44. The van der Waals surface area contributed by atoms with Gasteiger partial charge in [-0.05, 0) is 52.5 Å². The van der Waals surface area contributed by atoms with Crippen LogP contribution in [0, 0.1) is 16.2 Å². The van der Waals surface area contributed by atoms with Crippen LogP contribution in [0.25, 0.3) is 0 Å². The Bertz CT molecular complexity index is 912. The average molecular weight is 463 g/mol. The Hall–Kier alpha value is -2.90. The largest absolute Gasteiger partial charge is 0.469 e. The molecular formula is C25H34O8. The van der Waals surface area contributed by atoms with E-state index in [1.54, 1.807) is 20.8 Å². The minimum Gasteiger partial charge on any atom is -0.469 e. The molecule has 1 aromatic rings. The molecule has 33 heavy (non-hydrogen) atoms. The van der Waals surface area contributed by atoms with Crippen molar-refractivity contribution in [1.29, 1.82) is 0 Å². The lowest BCUT2D eigenvalue weighted by atomic mass is 9.63. The number of benzene rings is 1. The van der Waals surface area contributed by atoms with Gasteiger partial charge in [0.25, 0.3) is 0 Å². The van der Waals surface area contributed by atoms with Crippen LogP contribution < -0.4 is 0 Å². The number of ether oxygens (including phenoxy) is 4. The maximum absolute atomic E-state index is 13.0. The van der Waals surface area contributed by atoms with Gasteiger partial charge in [-0.15, -0.1) is 0 Å². The molecule has 0 spiro atoms. The maximum atomic E-state index is 13.0. The predicted molar refractivity (Wildman–Crippen MR) is 119 cm³/mol. The van der Waals surface area contributed by atoms with E-state index in [1.807, 2.05) is 30.3 Å². The van der Waals surface area contributed by atoms with Gasteiger partial charge in [0.1, 0.15) is 0 Å².